The quantitative estimate of drug-likeness (QED) is 0.281. The molecule has 0 aliphatic rings. The minimum absolute atomic E-state index is 0.0534. The summed E-state index contributed by atoms with van der Waals surface area (Å²) in [4.78, 5) is 20.3. The smallest absolute Gasteiger partial charge is 0.247 e. The van der Waals surface area contributed by atoms with E-state index in [0.29, 0.717) is 28.3 Å². The number of aromatic nitrogens is 2. The Balaban J connectivity index is 2.02. The van der Waals surface area contributed by atoms with Gasteiger partial charge in [0, 0.05) is 24.2 Å². The molecule has 1 amide bonds. The van der Waals surface area contributed by atoms with Crippen LogP contribution in [0.2, 0.25) is 5.02 Å². The number of hydrogen-bond acceptors (Lipinski definition) is 6. The van der Waals surface area contributed by atoms with Crippen LogP contribution in [0.1, 0.15) is 0 Å². The number of carbonyl (C=O) groups excluding carboxylic acids is 1. The number of halogens is 2. The third-order valence-electron chi connectivity index (χ3n) is 4.24. The lowest BCUT2D eigenvalue weighted by atomic mass is 10.1. The summed E-state index contributed by atoms with van der Waals surface area (Å²) in [5, 5.41) is 14.8. The van der Waals surface area contributed by atoms with Crippen LogP contribution in [0.3, 0.4) is 0 Å². The Morgan fingerprint density at radius 1 is 1.27 bits per heavy atom. The largest absolute Gasteiger partial charge is 0.438 e. The molecular weight excluding hydrogens is 447 g/mol. The molecule has 3 rings (SSSR count). The van der Waals surface area contributed by atoms with Crippen molar-refractivity contribution < 1.29 is 19.2 Å². The molecule has 0 bridgehead atoms. The summed E-state index contributed by atoms with van der Waals surface area (Å²) >= 11 is 5.96. The topological polar surface area (TPSA) is 117 Å². The minimum Gasteiger partial charge on any atom is -0.438 e. The Bertz CT molecular complexity index is 1230. The van der Waals surface area contributed by atoms with Crippen molar-refractivity contribution in [3.8, 4) is 22.8 Å². The van der Waals surface area contributed by atoms with Crippen molar-refractivity contribution in [1.29, 1.82) is 5.41 Å². The summed E-state index contributed by atoms with van der Waals surface area (Å²) in [6.07, 6.45) is 5.49. The highest BCUT2D eigenvalue weighted by molar-refractivity contribution is 6.31. The molecule has 1 aromatic heterocycles. The maximum absolute atomic E-state index is 13.7. The molecule has 168 valence electrons. The van der Waals surface area contributed by atoms with E-state index in [1.165, 1.54) is 24.4 Å². The Morgan fingerprint density at radius 3 is 2.79 bits per heavy atom. The lowest BCUT2D eigenvalue weighted by Gasteiger charge is -2.13. The zero-order valence-electron chi connectivity index (χ0n) is 17.6. The molecule has 10 heteroatoms. The number of nitrogens with one attached hydrogen (secondary N) is 3. The zero-order valence-corrected chi connectivity index (χ0v) is 18.4. The molecule has 0 aliphatic heterocycles. The van der Waals surface area contributed by atoms with E-state index in [1.54, 1.807) is 35.8 Å². The van der Waals surface area contributed by atoms with Gasteiger partial charge in [-0.15, -0.1) is 0 Å². The van der Waals surface area contributed by atoms with Crippen molar-refractivity contribution in [2.45, 2.75) is 0 Å². The number of ether oxygens (including phenoxy) is 1. The zero-order chi connectivity index (χ0) is 23.8. The summed E-state index contributed by atoms with van der Waals surface area (Å²) in [5.74, 6) is -0.173. The van der Waals surface area contributed by atoms with Crippen LogP contribution in [0.5, 0.6) is 11.6 Å². The second kappa shape index (κ2) is 11.0. The van der Waals surface area contributed by atoms with E-state index >= 15 is 0 Å². The predicted molar refractivity (Wildman–Crippen MR) is 126 cm³/mol. The lowest BCUT2D eigenvalue weighted by molar-refractivity contribution is -0.556. The van der Waals surface area contributed by atoms with Gasteiger partial charge in [0.25, 0.3) is 0 Å². The van der Waals surface area contributed by atoms with Crippen molar-refractivity contribution in [3.05, 3.63) is 84.1 Å². The fourth-order valence-corrected chi connectivity index (χ4v) is 2.92. The van der Waals surface area contributed by atoms with E-state index in [0.717, 1.165) is 12.3 Å². The third-order valence-corrected chi connectivity index (χ3v) is 4.53. The van der Waals surface area contributed by atoms with Gasteiger partial charge in [0.1, 0.15) is 23.5 Å². The van der Waals surface area contributed by atoms with Gasteiger partial charge in [-0.1, -0.05) is 30.3 Å². The predicted octanol–water partition coefficient (Wildman–Crippen LogP) is 3.95. The first-order valence-corrected chi connectivity index (χ1v) is 10.1. The Hall–Kier alpha value is -4.08. The first-order chi connectivity index (χ1) is 15.9. The molecule has 2 aromatic carbocycles. The molecule has 33 heavy (non-hydrogen) atoms. The van der Waals surface area contributed by atoms with Gasteiger partial charge in [-0.3, -0.25) is 4.79 Å². The second-order valence-corrected chi connectivity index (χ2v) is 7.00. The fraction of sp³-hybridized carbons (Fsp3) is 0.0435. The molecule has 0 fully saturated rings. The SMILES string of the molecule is C=CC(=O)Nc1cccc(Oc2nc(N/C(C=N)=C/[NH2+]C)ncc2-c2ccc(F)c(Cl)c2)c1. The van der Waals surface area contributed by atoms with Gasteiger partial charge in [0.15, 0.2) is 0 Å². The average Bonchev–Trinajstić information content (AvgIpc) is 2.81. The van der Waals surface area contributed by atoms with Crippen molar-refractivity contribution in [2.24, 2.45) is 0 Å². The molecule has 0 atom stereocenters. The molecular formula is C23H21ClFN6O2+. The van der Waals surface area contributed by atoms with Crippen LogP contribution in [0.25, 0.3) is 11.1 Å². The molecule has 0 radical (unpaired) electrons. The lowest BCUT2D eigenvalue weighted by Crippen LogP contribution is -2.73. The summed E-state index contributed by atoms with van der Waals surface area (Å²) in [6, 6.07) is 10.9. The minimum atomic E-state index is -0.552. The van der Waals surface area contributed by atoms with Gasteiger partial charge < -0.3 is 26.1 Å². The maximum atomic E-state index is 13.7. The molecule has 0 unspecified atom stereocenters. The number of anilines is 2. The van der Waals surface area contributed by atoms with Gasteiger partial charge in [-0.25, -0.2) is 9.37 Å². The monoisotopic (exact) mass is 467 g/mol. The first kappa shape index (κ1) is 23.6. The highest BCUT2D eigenvalue weighted by atomic mass is 35.5. The molecule has 0 saturated heterocycles. The van der Waals surface area contributed by atoms with Crippen molar-refractivity contribution in [2.75, 3.05) is 17.7 Å². The second-order valence-electron chi connectivity index (χ2n) is 6.59. The Morgan fingerprint density at radius 2 is 2.09 bits per heavy atom. The molecule has 5 N–H and O–H groups in total. The van der Waals surface area contributed by atoms with E-state index in [9.17, 15) is 9.18 Å². The van der Waals surface area contributed by atoms with E-state index in [-0.39, 0.29) is 22.8 Å². The van der Waals surface area contributed by atoms with E-state index < -0.39 is 5.82 Å². The Labute approximate surface area is 194 Å². The number of quaternary nitrogens is 1. The molecule has 0 aliphatic carbocycles. The Kier molecular flexibility index (Phi) is 7.85. The number of nitrogens with zero attached hydrogens (tertiary/aromatic N) is 2. The number of rotatable bonds is 9. The van der Waals surface area contributed by atoms with Gasteiger partial charge >= 0.3 is 0 Å². The fourth-order valence-electron chi connectivity index (χ4n) is 2.74. The highest BCUT2D eigenvalue weighted by Crippen LogP contribution is 2.34. The van der Waals surface area contributed by atoms with Crippen LogP contribution in [0.15, 0.2) is 73.2 Å². The van der Waals surface area contributed by atoms with Crippen molar-refractivity contribution in [1.82, 2.24) is 9.97 Å². The standard InChI is InChI=1S/C23H20ClFN6O2/c1-3-21(32)29-15-5-4-6-17(10-15)33-22-18(14-7-8-20(25)19(24)9-14)13-28-23(31-22)30-16(11-26)12-27-2/h3-13,26-27H,1H2,2H3,(H,29,32)(H,28,30,31)/p+1/b16-12+,26-11?. The summed E-state index contributed by atoms with van der Waals surface area (Å²) in [7, 11) is 1.82. The number of allylic oxidation sites excluding steroid dienone is 1. The number of carbonyl (C=O) groups is 1. The van der Waals surface area contributed by atoms with E-state index in [2.05, 4.69) is 27.2 Å². The van der Waals surface area contributed by atoms with Gasteiger partial charge in [-0.05, 0) is 35.9 Å². The first-order valence-electron chi connectivity index (χ1n) is 9.74. The van der Waals surface area contributed by atoms with Crippen LogP contribution in [0, 0.1) is 11.2 Å². The number of hydrogen-bond donors (Lipinski definition) is 4. The van der Waals surface area contributed by atoms with Crippen LogP contribution >= 0.6 is 11.6 Å². The number of benzene rings is 2. The highest BCUT2D eigenvalue weighted by Gasteiger charge is 2.15. The molecule has 0 spiro atoms. The van der Waals surface area contributed by atoms with Crippen molar-refractivity contribution >= 4 is 35.4 Å². The maximum Gasteiger partial charge on any atom is 0.247 e. The van der Waals surface area contributed by atoms with Crippen LogP contribution < -0.4 is 20.7 Å². The van der Waals surface area contributed by atoms with Crippen LogP contribution in [0.4, 0.5) is 16.0 Å². The molecule has 3 aromatic rings. The average molecular weight is 468 g/mol. The summed E-state index contributed by atoms with van der Waals surface area (Å²) in [5.41, 5.74) is 1.98. The molecule has 1 heterocycles. The molecule has 0 saturated carbocycles. The van der Waals surface area contributed by atoms with Crippen LogP contribution in [-0.4, -0.2) is 29.1 Å². The normalized spacial score (nSPS) is 10.9. The van der Waals surface area contributed by atoms with Crippen LogP contribution in [-0.2, 0) is 4.79 Å². The van der Waals surface area contributed by atoms with Gasteiger partial charge in [0.2, 0.25) is 17.7 Å². The van der Waals surface area contributed by atoms with E-state index in [4.69, 9.17) is 21.7 Å². The summed E-state index contributed by atoms with van der Waals surface area (Å²) in [6.45, 7) is 3.43. The molecule has 8 nitrogen and oxygen atoms in total. The van der Waals surface area contributed by atoms with Gasteiger partial charge in [0.05, 0.1) is 17.6 Å². The van der Waals surface area contributed by atoms with Gasteiger partial charge in [-0.2, -0.15) is 4.98 Å². The third kappa shape index (κ3) is 6.22. The number of nitrogens with two attached hydrogens (primary N) is 1. The van der Waals surface area contributed by atoms with Crippen molar-refractivity contribution in [3.63, 3.8) is 0 Å². The van der Waals surface area contributed by atoms with E-state index in [1.807, 2.05) is 7.05 Å². The number of amides is 1. The summed E-state index contributed by atoms with van der Waals surface area (Å²) < 4.78 is 19.7.